The summed E-state index contributed by atoms with van der Waals surface area (Å²) in [6.45, 7) is 4.63. The molecule has 0 spiro atoms. The van der Waals surface area contributed by atoms with Gasteiger partial charge in [0.1, 0.15) is 11.6 Å². The quantitative estimate of drug-likeness (QED) is 0.810. The molecule has 0 aromatic heterocycles. The van der Waals surface area contributed by atoms with Crippen LogP contribution in [0.5, 0.6) is 0 Å². The fraction of sp³-hybridized carbons (Fsp3) is 0.500. The van der Waals surface area contributed by atoms with Crippen LogP contribution in [0, 0.1) is 17.0 Å². The summed E-state index contributed by atoms with van der Waals surface area (Å²) in [7, 11) is 0. The van der Waals surface area contributed by atoms with Gasteiger partial charge in [-0.1, -0.05) is 13.8 Å². The summed E-state index contributed by atoms with van der Waals surface area (Å²) in [6.07, 6.45) is 0. The Kier molecular flexibility index (Phi) is 4.38. The van der Waals surface area contributed by atoms with Crippen molar-refractivity contribution in [1.82, 2.24) is 5.32 Å². The average molecular weight is 229 g/mol. The molecular formula is C12H17F2NO. The van der Waals surface area contributed by atoms with Crippen LogP contribution in [-0.2, 0) is 6.54 Å². The van der Waals surface area contributed by atoms with Gasteiger partial charge < -0.3 is 10.4 Å². The standard InChI is InChI=1S/C12H17F2NO/c1-12(2,8-16)7-15-6-9-5-10(13)3-4-11(9)14/h3-5,15-16H,6-8H2,1-2H3. The zero-order valence-electron chi connectivity index (χ0n) is 9.56. The van der Waals surface area contributed by atoms with E-state index in [1.165, 1.54) is 6.07 Å². The van der Waals surface area contributed by atoms with Crippen molar-refractivity contribution in [2.75, 3.05) is 13.2 Å². The van der Waals surface area contributed by atoms with Gasteiger partial charge in [0.2, 0.25) is 0 Å². The smallest absolute Gasteiger partial charge is 0.127 e. The predicted molar refractivity (Wildman–Crippen MR) is 58.9 cm³/mol. The first-order chi connectivity index (χ1) is 7.44. The third-order valence-corrected chi connectivity index (χ3v) is 2.35. The summed E-state index contributed by atoms with van der Waals surface area (Å²) in [5.41, 5.74) is 0.0396. The van der Waals surface area contributed by atoms with Crippen molar-refractivity contribution >= 4 is 0 Å². The summed E-state index contributed by atoms with van der Waals surface area (Å²) in [5, 5.41) is 12.0. The number of aliphatic hydroxyl groups is 1. The van der Waals surface area contributed by atoms with Crippen LogP contribution in [0.4, 0.5) is 8.78 Å². The van der Waals surface area contributed by atoms with Gasteiger partial charge in [0, 0.05) is 30.7 Å². The highest BCUT2D eigenvalue weighted by Crippen LogP contribution is 2.13. The Hall–Kier alpha value is -1.00. The topological polar surface area (TPSA) is 32.3 Å². The maximum Gasteiger partial charge on any atom is 0.127 e. The molecule has 0 amide bonds. The largest absolute Gasteiger partial charge is 0.396 e. The third-order valence-electron chi connectivity index (χ3n) is 2.35. The minimum absolute atomic E-state index is 0.0473. The molecular weight excluding hydrogens is 212 g/mol. The highest BCUT2D eigenvalue weighted by atomic mass is 19.1. The highest BCUT2D eigenvalue weighted by Gasteiger charge is 2.15. The van der Waals surface area contributed by atoms with E-state index in [9.17, 15) is 8.78 Å². The van der Waals surface area contributed by atoms with E-state index in [0.717, 1.165) is 12.1 Å². The Balaban J connectivity index is 2.52. The number of aliphatic hydroxyl groups excluding tert-OH is 1. The normalized spacial score (nSPS) is 11.8. The lowest BCUT2D eigenvalue weighted by Gasteiger charge is -2.22. The van der Waals surface area contributed by atoms with E-state index in [1.807, 2.05) is 13.8 Å². The molecule has 16 heavy (non-hydrogen) atoms. The molecule has 0 saturated carbocycles. The number of halogens is 2. The van der Waals surface area contributed by atoms with Crippen molar-refractivity contribution in [2.24, 2.45) is 5.41 Å². The molecule has 4 heteroatoms. The molecule has 0 unspecified atom stereocenters. The van der Waals surface area contributed by atoms with Crippen LogP contribution in [-0.4, -0.2) is 18.3 Å². The molecule has 1 rings (SSSR count). The molecule has 2 nitrogen and oxygen atoms in total. The second kappa shape index (κ2) is 5.37. The lowest BCUT2D eigenvalue weighted by Crippen LogP contribution is -2.32. The number of rotatable bonds is 5. The molecule has 1 aromatic rings. The first kappa shape index (κ1) is 13.1. The van der Waals surface area contributed by atoms with Gasteiger partial charge >= 0.3 is 0 Å². The minimum Gasteiger partial charge on any atom is -0.396 e. The predicted octanol–water partition coefficient (Wildman–Crippen LogP) is 2.07. The van der Waals surface area contributed by atoms with Crippen LogP contribution in [0.15, 0.2) is 18.2 Å². The Bertz CT molecular complexity index is 353. The Labute approximate surface area is 94.3 Å². The molecule has 2 N–H and O–H groups in total. The zero-order valence-corrected chi connectivity index (χ0v) is 9.56. The number of benzene rings is 1. The van der Waals surface area contributed by atoms with Crippen molar-refractivity contribution in [3.05, 3.63) is 35.4 Å². The van der Waals surface area contributed by atoms with Gasteiger partial charge in [-0.3, -0.25) is 0 Å². The highest BCUT2D eigenvalue weighted by molar-refractivity contribution is 5.18. The number of hydrogen-bond donors (Lipinski definition) is 2. The van der Waals surface area contributed by atoms with Crippen LogP contribution in [0.1, 0.15) is 19.4 Å². The SMILES string of the molecule is CC(C)(CO)CNCc1cc(F)ccc1F. The van der Waals surface area contributed by atoms with Gasteiger partial charge in [0.05, 0.1) is 0 Å². The maximum atomic E-state index is 13.2. The zero-order chi connectivity index (χ0) is 12.2. The van der Waals surface area contributed by atoms with Gasteiger partial charge in [0.25, 0.3) is 0 Å². The molecule has 0 fully saturated rings. The summed E-state index contributed by atoms with van der Waals surface area (Å²) in [4.78, 5) is 0. The van der Waals surface area contributed by atoms with Gasteiger partial charge in [-0.25, -0.2) is 8.78 Å². The minimum atomic E-state index is -0.445. The van der Waals surface area contributed by atoms with E-state index >= 15 is 0 Å². The van der Waals surface area contributed by atoms with Crippen molar-refractivity contribution in [2.45, 2.75) is 20.4 Å². The molecule has 0 saturated heterocycles. The third kappa shape index (κ3) is 3.87. The molecule has 0 aliphatic carbocycles. The van der Waals surface area contributed by atoms with Gasteiger partial charge in [-0.15, -0.1) is 0 Å². The van der Waals surface area contributed by atoms with E-state index < -0.39 is 11.6 Å². The van der Waals surface area contributed by atoms with Crippen LogP contribution < -0.4 is 5.32 Å². The lowest BCUT2D eigenvalue weighted by molar-refractivity contribution is 0.156. The van der Waals surface area contributed by atoms with Gasteiger partial charge in [0.15, 0.2) is 0 Å². The number of hydrogen-bond acceptors (Lipinski definition) is 2. The van der Waals surface area contributed by atoms with E-state index in [1.54, 1.807) is 0 Å². The van der Waals surface area contributed by atoms with Gasteiger partial charge in [-0.2, -0.15) is 0 Å². The molecule has 0 bridgehead atoms. The molecule has 0 aliphatic heterocycles. The first-order valence-corrected chi connectivity index (χ1v) is 5.20. The Morgan fingerprint density at radius 1 is 1.31 bits per heavy atom. The number of nitrogens with one attached hydrogen (secondary N) is 1. The van der Waals surface area contributed by atoms with Crippen LogP contribution >= 0.6 is 0 Å². The van der Waals surface area contributed by atoms with Crippen molar-refractivity contribution in [1.29, 1.82) is 0 Å². The molecule has 0 atom stereocenters. The summed E-state index contributed by atoms with van der Waals surface area (Å²) in [6, 6.07) is 3.38. The van der Waals surface area contributed by atoms with E-state index in [2.05, 4.69) is 5.32 Å². The van der Waals surface area contributed by atoms with Crippen molar-refractivity contribution < 1.29 is 13.9 Å². The summed E-state index contributed by atoms with van der Waals surface area (Å²) >= 11 is 0. The van der Waals surface area contributed by atoms with Crippen molar-refractivity contribution in [3.63, 3.8) is 0 Å². The molecule has 0 radical (unpaired) electrons. The fourth-order valence-corrected chi connectivity index (χ4v) is 1.27. The summed E-state index contributed by atoms with van der Waals surface area (Å²) < 4.78 is 26.1. The van der Waals surface area contributed by atoms with E-state index in [0.29, 0.717) is 12.1 Å². The van der Waals surface area contributed by atoms with Crippen molar-refractivity contribution in [3.8, 4) is 0 Å². The summed E-state index contributed by atoms with van der Waals surface area (Å²) in [5.74, 6) is -0.865. The van der Waals surface area contributed by atoms with Crippen LogP contribution in [0.25, 0.3) is 0 Å². The average Bonchev–Trinajstić information content (AvgIpc) is 2.23. The first-order valence-electron chi connectivity index (χ1n) is 5.20. The second-order valence-corrected chi connectivity index (χ2v) is 4.66. The van der Waals surface area contributed by atoms with E-state index in [4.69, 9.17) is 5.11 Å². The molecule has 1 aromatic carbocycles. The lowest BCUT2D eigenvalue weighted by atomic mass is 9.95. The molecule has 0 heterocycles. The molecule has 90 valence electrons. The Morgan fingerprint density at radius 3 is 2.62 bits per heavy atom. The monoisotopic (exact) mass is 229 g/mol. The van der Waals surface area contributed by atoms with Gasteiger partial charge in [-0.05, 0) is 18.2 Å². The van der Waals surface area contributed by atoms with E-state index in [-0.39, 0.29) is 18.6 Å². The fourth-order valence-electron chi connectivity index (χ4n) is 1.27. The van der Waals surface area contributed by atoms with Crippen LogP contribution in [0.3, 0.4) is 0 Å². The molecule has 0 aliphatic rings. The maximum absolute atomic E-state index is 13.2. The Morgan fingerprint density at radius 2 is 2.00 bits per heavy atom. The second-order valence-electron chi connectivity index (χ2n) is 4.66. The van der Waals surface area contributed by atoms with Crippen LogP contribution in [0.2, 0.25) is 0 Å².